The summed E-state index contributed by atoms with van der Waals surface area (Å²) in [5.74, 6) is 0. The molecule has 2 heteroatoms. The van der Waals surface area contributed by atoms with Crippen molar-refractivity contribution in [2.75, 3.05) is 5.32 Å². The lowest BCUT2D eigenvalue weighted by Crippen LogP contribution is -2.22. The molecule has 0 amide bonds. The second kappa shape index (κ2) is 3.48. The van der Waals surface area contributed by atoms with Gasteiger partial charge in [0.05, 0.1) is 0 Å². The third-order valence-electron chi connectivity index (χ3n) is 2.62. The van der Waals surface area contributed by atoms with E-state index in [0.717, 1.165) is 0 Å². The summed E-state index contributed by atoms with van der Waals surface area (Å²) in [6.45, 7) is 4.44. The van der Waals surface area contributed by atoms with E-state index in [1.807, 2.05) is 0 Å². The fraction of sp³-hybridized carbons (Fsp3) is 0.455. The third kappa shape index (κ3) is 1.82. The van der Waals surface area contributed by atoms with Gasteiger partial charge in [-0.15, -0.1) is 0 Å². The van der Waals surface area contributed by atoms with Crippen LogP contribution in [-0.4, -0.2) is 6.04 Å². The summed E-state index contributed by atoms with van der Waals surface area (Å²) in [5, 5.41) is 3.55. The van der Waals surface area contributed by atoms with Crippen LogP contribution in [0.3, 0.4) is 0 Å². The lowest BCUT2D eigenvalue weighted by molar-refractivity contribution is 0.679. The minimum atomic E-state index is 0.631. The van der Waals surface area contributed by atoms with Crippen LogP contribution in [0.15, 0.2) is 12.1 Å². The van der Waals surface area contributed by atoms with E-state index in [9.17, 15) is 0 Å². The third-order valence-corrected chi connectivity index (χ3v) is 3.24. The molecule has 1 aliphatic rings. The summed E-state index contributed by atoms with van der Waals surface area (Å²) in [4.78, 5) is 0. The molecule has 0 unspecified atom stereocenters. The van der Waals surface area contributed by atoms with Crippen molar-refractivity contribution in [1.82, 2.24) is 0 Å². The molecule has 0 saturated carbocycles. The molecule has 0 bridgehead atoms. The standard InChI is InChI=1S/C11H14IN/c1-7-5-10(12)6-9-4-3-8(2)13-11(7)9/h5-6,8,13H,3-4H2,1-2H3/t8-/m0/s1. The van der Waals surface area contributed by atoms with Crippen molar-refractivity contribution in [2.24, 2.45) is 0 Å². The molecule has 1 heterocycles. The fourth-order valence-corrected chi connectivity index (χ4v) is 2.75. The van der Waals surface area contributed by atoms with Gasteiger partial charge in [0, 0.05) is 15.3 Å². The zero-order chi connectivity index (χ0) is 9.42. The first-order chi connectivity index (χ1) is 6.16. The smallest absolute Gasteiger partial charge is 0.0405 e. The SMILES string of the molecule is Cc1cc(I)cc2c1N[C@@H](C)CC2. The molecule has 0 radical (unpaired) electrons. The average Bonchev–Trinajstić information content (AvgIpc) is 2.06. The van der Waals surface area contributed by atoms with Gasteiger partial charge in [-0.05, 0) is 72.5 Å². The van der Waals surface area contributed by atoms with Crippen LogP contribution in [0.1, 0.15) is 24.5 Å². The number of anilines is 1. The van der Waals surface area contributed by atoms with Gasteiger partial charge in [0.25, 0.3) is 0 Å². The first-order valence-electron chi connectivity index (χ1n) is 4.72. The molecule has 2 rings (SSSR count). The Labute approximate surface area is 93.1 Å². The number of rotatable bonds is 0. The average molecular weight is 287 g/mol. The van der Waals surface area contributed by atoms with E-state index in [0.29, 0.717) is 6.04 Å². The van der Waals surface area contributed by atoms with E-state index >= 15 is 0 Å². The summed E-state index contributed by atoms with van der Waals surface area (Å²) >= 11 is 2.39. The largest absolute Gasteiger partial charge is 0.382 e. The monoisotopic (exact) mass is 287 g/mol. The molecule has 13 heavy (non-hydrogen) atoms. The Balaban J connectivity index is 2.47. The van der Waals surface area contributed by atoms with Crippen molar-refractivity contribution < 1.29 is 0 Å². The summed E-state index contributed by atoms with van der Waals surface area (Å²) < 4.78 is 1.35. The highest BCUT2D eigenvalue weighted by molar-refractivity contribution is 14.1. The molecular formula is C11H14IN. The normalized spacial score (nSPS) is 20.7. The maximum Gasteiger partial charge on any atom is 0.0405 e. The lowest BCUT2D eigenvalue weighted by atomic mass is 9.96. The predicted octanol–water partition coefficient (Wildman–Crippen LogP) is 3.35. The van der Waals surface area contributed by atoms with E-state index in [2.05, 4.69) is 53.9 Å². The van der Waals surface area contributed by atoms with Crippen molar-refractivity contribution in [2.45, 2.75) is 32.7 Å². The van der Waals surface area contributed by atoms with Gasteiger partial charge in [-0.2, -0.15) is 0 Å². The Morgan fingerprint density at radius 2 is 2.23 bits per heavy atom. The first-order valence-corrected chi connectivity index (χ1v) is 5.80. The van der Waals surface area contributed by atoms with Crippen LogP contribution in [0.5, 0.6) is 0 Å². The van der Waals surface area contributed by atoms with Crippen LogP contribution in [0.4, 0.5) is 5.69 Å². The van der Waals surface area contributed by atoms with Crippen molar-refractivity contribution in [3.05, 3.63) is 26.8 Å². The van der Waals surface area contributed by atoms with Crippen LogP contribution >= 0.6 is 22.6 Å². The Hall–Kier alpha value is -0.250. The maximum atomic E-state index is 3.55. The topological polar surface area (TPSA) is 12.0 Å². The predicted molar refractivity (Wildman–Crippen MR) is 65.3 cm³/mol. The molecule has 0 aromatic heterocycles. The van der Waals surface area contributed by atoms with Crippen LogP contribution < -0.4 is 5.32 Å². The summed E-state index contributed by atoms with van der Waals surface area (Å²) in [5.41, 5.74) is 4.25. The van der Waals surface area contributed by atoms with Crippen LogP contribution in [0, 0.1) is 10.5 Å². The number of fused-ring (bicyclic) bond motifs is 1. The Morgan fingerprint density at radius 3 is 3.00 bits per heavy atom. The van der Waals surface area contributed by atoms with Crippen molar-refractivity contribution in [1.29, 1.82) is 0 Å². The fourth-order valence-electron chi connectivity index (χ4n) is 1.91. The molecule has 0 saturated heterocycles. The molecule has 70 valence electrons. The van der Waals surface area contributed by atoms with E-state index in [-0.39, 0.29) is 0 Å². The highest BCUT2D eigenvalue weighted by Gasteiger charge is 2.15. The molecule has 0 fully saturated rings. The molecule has 1 nitrogen and oxygen atoms in total. The molecule has 1 aliphatic heterocycles. The van der Waals surface area contributed by atoms with Crippen LogP contribution in [-0.2, 0) is 6.42 Å². The van der Waals surface area contributed by atoms with Crippen LogP contribution in [0.25, 0.3) is 0 Å². The zero-order valence-corrected chi connectivity index (χ0v) is 10.2. The summed E-state index contributed by atoms with van der Waals surface area (Å²) in [7, 11) is 0. The number of hydrogen-bond donors (Lipinski definition) is 1. The quantitative estimate of drug-likeness (QED) is 0.722. The molecular weight excluding hydrogens is 273 g/mol. The van der Waals surface area contributed by atoms with E-state index < -0.39 is 0 Å². The molecule has 0 spiro atoms. The molecule has 0 aliphatic carbocycles. The van der Waals surface area contributed by atoms with Crippen molar-refractivity contribution >= 4 is 28.3 Å². The summed E-state index contributed by atoms with van der Waals surface area (Å²) in [6, 6.07) is 5.16. The van der Waals surface area contributed by atoms with E-state index in [4.69, 9.17) is 0 Å². The van der Waals surface area contributed by atoms with Crippen molar-refractivity contribution in [3.8, 4) is 0 Å². The second-order valence-corrected chi connectivity index (χ2v) is 5.09. The highest BCUT2D eigenvalue weighted by atomic mass is 127. The molecule has 1 N–H and O–H groups in total. The number of halogens is 1. The van der Waals surface area contributed by atoms with Gasteiger partial charge in [0.1, 0.15) is 0 Å². The van der Waals surface area contributed by atoms with Crippen molar-refractivity contribution in [3.63, 3.8) is 0 Å². The van der Waals surface area contributed by atoms with Crippen LogP contribution in [0.2, 0.25) is 0 Å². The number of benzene rings is 1. The molecule has 1 aromatic carbocycles. The van der Waals surface area contributed by atoms with Gasteiger partial charge in [0.15, 0.2) is 0 Å². The Kier molecular flexibility index (Phi) is 2.49. The Morgan fingerprint density at radius 1 is 1.46 bits per heavy atom. The van der Waals surface area contributed by atoms with Gasteiger partial charge >= 0.3 is 0 Å². The van der Waals surface area contributed by atoms with E-state index in [1.165, 1.54) is 33.2 Å². The van der Waals surface area contributed by atoms with Gasteiger partial charge in [-0.3, -0.25) is 0 Å². The van der Waals surface area contributed by atoms with Gasteiger partial charge in [-0.25, -0.2) is 0 Å². The minimum absolute atomic E-state index is 0.631. The number of nitrogens with one attached hydrogen (secondary N) is 1. The molecule has 1 aromatic rings. The Bertz CT molecular complexity index is 333. The maximum absolute atomic E-state index is 3.55. The minimum Gasteiger partial charge on any atom is -0.382 e. The van der Waals surface area contributed by atoms with Gasteiger partial charge < -0.3 is 5.32 Å². The highest BCUT2D eigenvalue weighted by Crippen LogP contribution is 2.29. The zero-order valence-electron chi connectivity index (χ0n) is 8.02. The second-order valence-electron chi connectivity index (χ2n) is 3.84. The lowest BCUT2D eigenvalue weighted by Gasteiger charge is -2.26. The van der Waals surface area contributed by atoms with Gasteiger partial charge in [0.2, 0.25) is 0 Å². The molecule has 1 atom stereocenters. The number of aryl methyl sites for hydroxylation is 2. The van der Waals surface area contributed by atoms with Gasteiger partial charge in [-0.1, -0.05) is 0 Å². The summed E-state index contributed by atoms with van der Waals surface area (Å²) in [6.07, 6.45) is 2.48. The number of hydrogen-bond acceptors (Lipinski definition) is 1. The van der Waals surface area contributed by atoms with E-state index in [1.54, 1.807) is 0 Å². The first kappa shape index (κ1) is 9.31.